The summed E-state index contributed by atoms with van der Waals surface area (Å²) in [5.74, 6) is 0. The normalized spacial score (nSPS) is 11.0. The third-order valence-corrected chi connectivity index (χ3v) is 13.2. The van der Waals surface area contributed by atoms with Gasteiger partial charge in [-0.15, -0.1) is 0 Å². The zero-order valence-electron chi connectivity index (χ0n) is 22.0. The Kier molecular flexibility index (Phi) is 7.72. The van der Waals surface area contributed by atoms with Crippen molar-refractivity contribution in [2.45, 2.75) is 0 Å². The molecule has 5 aromatic rings. The topological polar surface area (TPSA) is 129 Å². The highest BCUT2D eigenvalue weighted by atomic mass is 31.2. The van der Waals surface area contributed by atoms with Gasteiger partial charge in [-0.25, -0.2) is 0 Å². The summed E-state index contributed by atoms with van der Waals surface area (Å²) in [6.45, 7) is 0. The SMILES string of the molecule is N#Cc1ccc(P(=O)(c2ccc(C#N)cc2)c2ccc(P(=O)(c3ccc(C#N)cc3)c3ccc(C#N)cc3)cc2)cc1. The van der Waals surface area contributed by atoms with Crippen LogP contribution in [0.2, 0.25) is 0 Å². The molecule has 0 aliphatic carbocycles. The Balaban J connectivity index is 1.68. The molecule has 0 aromatic heterocycles. The Labute approximate surface area is 243 Å². The van der Waals surface area contributed by atoms with Crippen LogP contribution < -0.4 is 31.8 Å². The van der Waals surface area contributed by atoms with Crippen molar-refractivity contribution >= 4 is 46.1 Å². The lowest BCUT2D eigenvalue weighted by molar-refractivity contribution is 0.591. The minimum absolute atomic E-state index is 0.436. The second kappa shape index (κ2) is 11.6. The monoisotopic (exact) mass is 578 g/mol. The van der Waals surface area contributed by atoms with Gasteiger partial charge >= 0.3 is 0 Å². The van der Waals surface area contributed by atoms with Gasteiger partial charge in [-0.05, 0) is 97.1 Å². The predicted molar refractivity (Wildman–Crippen MR) is 164 cm³/mol. The highest BCUT2D eigenvalue weighted by molar-refractivity contribution is 7.86. The van der Waals surface area contributed by atoms with E-state index in [4.69, 9.17) is 0 Å². The van der Waals surface area contributed by atoms with E-state index in [0.717, 1.165) is 0 Å². The fourth-order valence-electron chi connectivity index (χ4n) is 4.75. The van der Waals surface area contributed by atoms with E-state index in [0.29, 0.717) is 54.1 Å². The molecular weight excluding hydrogens is 558 g/mol. The van der Waals surface area contributed by atoms with Crippen molar-refractivity contribution in [2.24, 2.45) is 0 Å². The molecule has 5 rings (SSSR count). The second-order valence-corrected chi connectivity index (χ2v) is 14.9. The van der Waals surface area contributed by atoms with Crippen LogP contribution in [-0.2, 0) is 9.13 Å². The molecule has 0 unspecified atom stereocenters. The van der Waals surface area contributed by atoms with Gasteiger partial charge in [0.25, 0.3) is 0 Å². The number of nitriles is 4. The minimum Gasteiger partial charge on any atom is -0.309 e. The smallest absolute Gasteiger partial charge is 0.171 e. The first kappa shape index (κ1) is 28.1. The Morgan fingerprint density at radius 3 is 0.595 bits per heavy atom. The van der Waals surface area contributed by atoms with E-state index in [1.807, 2.05) is 0 Å². The number of hydrogen-bond acceptors (Lipinski definition) is 6. The van der Waals surface area contributed by atoms with Crippen molar-refractivity contribution in [1.82, 2.24) is 0 Å². The van der Waals surface area contributed by atoms with Crippen molar-refractivity contribution in [1.29, 1.82) is 21.0 Å². The lowest BCUT2D eigenvalue weighted by Gasteiger charge is -2.23. The van der Waals surface area contributed by atoms with E-state index >= 15 is 0 Å². The summed E-state index contributed by atoms with van der Waals surface area (Å²) in [6, 6.07) is 41.4. The van der Waals surface area contributed by atoms with E-state index < -0.39 is 14.3 Å². The first-order valence-electron chi connectivity index (χ1n) is 12.7. The summed E-state index contributed by atoms with van der Waals surface area (Å²) in [4.78, 5) is 0. The largest absolute Gasteiger partial charge is 0.309 e. The van der Waals surface area contributed by atoms with Crippen molar-refractivity contribution < 1.29 is 9.13 Å². The highest BCUT2D eigenvalue weighted by Crippen LogP contribution is 2.45. The molecular formula is C34H20N4O2P2. The van der Waals surface area contributed by atoms with E-state index in [1.54, 1.807) is 121 Å². The molecule has 0 bridgehead atoms. The van der Waals surface area contributed by atoms with Gasteiger partial charge in [-0.2, -0.15) is 21.0 Å². The fourth-order valence-corrected chi connectivity index (χ4v) is 9.95. The molecule has 0 aliphatic heterocycles. The van der Waals surface area contributed by atoms with Crippen LogP contribution in [0.1, 0.15) is 22.3 Å². The molecule has 42 heavy (non-hydrogen) atoms. The van der Waals surface area contributed by atoms with E-state index in [1.165, 1.54) is 0 Å². The zero-order chi connectivity index (χ0) is 29.7. The number of nitrogens with zero attached hydrogens (tertiary/aromatic N) is 4. The molecule has 0 radical (unpaired) electrons. The average Bonchev–Trinajstić information content (AvgIpc) is 3.07. The Bertz CT molecular complexity index is 1770. The molecule has 0 saturated heterocycles. The molecule has 0 saturated carbocycles. The van der Waals surface area contributed by atoms with E-state index in [9.17, 15) is 30.2 Å². The van der Waals surface area contributed by atoms with Gasteiger partial charge in [-0.1, -0.05) is 24.3 Å². The van der Waals surface area contributed by atoms with Crippen molar-refractivity contribution in [3.8, 4) is 24.3 Å². The molecule has 5 aromatic carbocycles. The molecule has 6 nitrogen and oxygen atoms in total. The van der Waals surface area contributed by atoms with Crippen molar-refractivity contribution in [3.05, 3.63) is 144 Å². The summed E-state index contributed by atoms with van der Waals surface area (Å²) in [5.41, 5.74) is 1.75. The van der Waals surface area contributed by atoms with E-state index in [2.05, 4.69) is 24.3 Å². The van der Waals surface area contributed by atoms with Gasteiger partial charge < -0.3 is 9.13 Å². The van der Waals surface area contributed by atoms with Gasteiger partial charge in [0.05, 0.1) is 46.5 Å². The van der Waals surface area contributed by atoms with Crippen LogP contribution in [0.3, 0.4) is 0 Å². The predicted octanol–water partition coefficient (Wildman–Crippen LogP) is 4.45. The Morgan fingerprint density at radius 1 is 0.310 bits per heavy atom. The first-order valence-corrected chi connectivity index (χ1v) is 16.1. The Morgan fingerprint density at radius 2 is 0.452 bits per heavy atom. The van der Waals surface area contributed by atoms with Crippen LogP contribution in [0.5, 0.6) is 0 Å². The zero-order valence-corrected chi connectivity index (χ0v) is 23.8. The Hall–Kier alpha value is -5.48. The van der Waals surface area contributed by atoms with Crippen LogP contribution >= 0.6 is 14.3 Å². The molecule has 198 valence electrons. The van der Waals surface area contributed by atoms with Crippen LogP contribution in [0.15, 0.2) is 121 Å². The fraction of sp³-hybridized carbons (Fsp3) is 0. The van der Waals surface area contributed by atoms with Crippen LogP contribution in [-0.4, -0.2) is 0 Å². The van der Waals surface area contributed by atoms with Gasteiger partial charge in [0.2, 0.25) is 0 Å². The number of rotatable bonds is 6. The van der Waals surface area contributed by atoms with Crippen LogP contribution in [0.25, 0.3) is 0 Å². The van der Waals surface area contributed by atoms with Crippen molar-refractivity contribution in [2.75, 3.05) is 0 Å². The first-order chi connectivity index (χ1) is 20.4. The van der Waals surface area contributed by atoms with Crippen LogP contribution in [0.4, 0.5) is 0 Å². The molecule has 0 N–H and O–H groups in total. The molecule has 0 aliphatic rings. The molecule has 0 amide bonds. The minimum atomic E-state index is -3.46. The molecule has 0 fully saturated rings. The summed E-state index contributed by atoms with van der Waals surface area (Å²) < 4.78 is 29.9. The van der Waals surface area contributed by atoms with Gasteiger partial charge in [0, 0.05) is 31.8 Å². The third-order valence-electron chi connectivity index (χ3n) is 7.02. The number of hydrogen-bond donors (Lipinski definition) is 0. The maximum atomic E-state index is 15.0. The standard InChI is InChI=1S/C34H20N4O2P2/c35-21-25-1-9-29(10-2-25)41(39,30-11-3-26(22-36)4-12-30)33-17-19-34(20-18-33)42(40,31-13-5-27(23-37)6-14-31)32-15-7-28(24-38)8-16-32/h1-20H. The highest BCUT2D eigenvalue weighted by Gasteiger charge is 2.33. The molecule has 0 atom stereocenters. The summed E-state index contributed by atoms with van der Waals surface area (Å²) in [6.07, 6.45) is 0. The maximum absolute atomic E-state index is 15.0. The quantitative estimate of drug-likeness (QED) is 0.274. The second-order valence-electron chi connectivity index (χ2n) is 9.37. The van der Waals surface area contributed by atoms with E-state index in [-0.39, 0.29) is 0 Å². The molecule has 0 spiro atoms. The van der Waals surface area contributed by atoms with Gasteiger partial charge in [-0.3, -0.25) is 0 Å². The van der Waals surface area contributed by atoms with Crippen molar-refractivity contribution in [3.63, 3.8) is 0 Å². The number of benzene rings is 5. The lowest BCUT2D eigenvalue weighted by atomic mass is 10.2. The summed E-state index contributed by atoms with van der Waals surface area (Å²) in [5, 5.41) is 40.1. The summed E-state index contributed by atoms with van der Waals surface area (Å²) >= 11 is 0. The maximum Gasteiger partial charge on any atom is 0.171 e. The molecule has 0 heterocycles. The summed E-state index contributed by atoms with van der Waals surface area (Å²) in [7, 11) is -6.91. The van der Waals surface area contributed by atoms with Crippen LogP contribution in [0, 0.1) is 45.3 Å². The van der Waals surface area contributed by atoms with Gasteiger partial charge in [0.1, 0.15) is 0 Å². The average molecular weight is 579 g/mol. The molecule has 8 heteroatoms. The third kappa shape index (κ3) is 4.95. The van der Waals surface area contributed by atoms with Gasteiger partial charge in [0.15, 0.2) is 14.3 Å². The lowest BCUT2D eigenvalue weighted by Crippen LogP contribution is -2.28.